The number of hydrogen-bond acceptors (Lipinski definition) is 5. The molecule has 1 fully saturated rings. The standard InChI is InChI=1S/C18H19N3O4/c1-20(2)9-10-21-15(12-5-7-19-8-6-12)14(17(23)18(21)24)16(22)13-4-3-11-25-13/h3-8,11,14-15H,9-10H2,1-2H3/p+1. The molecule has 3 heterocycles. The molecule has 0 radical (unpaired) electrons. The fourth-order valence-electron chi connectivity index (χ4n) is 3.08. The summed E-state index contributed by atoms with van der Waals surface area (Å²) in [6, 6.07) is 5.92. The van der Waals surface area contributed by atoms with Crippen LogP contribution in [0.25, 0.3) is 0 Å². The number of hydrogen-bond donors (Lipinski definition) is 1. The number of nitrogens with one attached hydrogen (secondary N) is 1. The van der Waals surface area contributed by atoms with Crippen LogP contribution in [0, 0.1) is 5.92 Å². The Labute approximate surface area is 145 Å². The number of likely N-dealkylation sites (tertiary alicyclic amines) is 1. The number of quaternary nitrogens is 1. The Balaban J connectivity index is 2.01. The van der Waals surface area contributed by atoms with Crippen molar-refractivity contribution in [3.63, 3.8) is 0 Å². The Morgan fingerprint density at radius 3 is 2.56 bits per heavy atom. The lowest BCUT2D eigenvalue weighted by Gasteiger charge is -2.27. The van der Waals surface area contributed by atoms with Gasteiger partial charge in [0.05, 0.1) is 39.5 Å². The normalized spacial score (nSPS) is 20.5. The number of likely N-dealkylation sites (N-methyl/N-ethyl adjacent to an activating group) is 1. The number of amides is 1. The molecule has 1 amide bonds. The minimum atomic E-state index is -1.10. The van der Waals surface area contributed by atoms with Crippen molar-refractivity contribution >= 4 is 17.5 Å². The van der Waals surface area contributed by atoms with E-state index in [1.165, 1.54) is 17.2 Å². The quantitative estimate of drug-likeness (QED) is 0.445. The molecule has 3 rings (SSSR count). The molecule has 0 bridgehead atoms. The molecule has 2 aromatic rings. The molecule has 2 atom stereocenters. The Bertz CT molecular complexity index is 771. The summed E-state index contributed by atoms with van der Waals surface area (Å²) in [7, 11) is 3.94. The number of carbonyl (C=O) groups excluding carboxylic acids is 3. The Hall–Kier alpha value is -2.80. The first kappa shape index (κ1) is 17.0. The van der Waals surface area contributed by atoms with Crippen molar-refractivity contribution in [1.82, 2.24) is 9.88 Å². The summed E-state index contributed by atoms with van der Waals surface area (Å²) < 4.78 is 5.16. The van der Waals surface area contributed by atoms with Crippen molar-refractivity contribution in [3.05, 3.63) is 54.2 Å². The lowest BCUT2D eigenvalue weighted by atomic mass is 9.88. The molecule has 7 nitrogen and oxygen atoms in total. The first-order valence-electron chi connectivity index (χ1n) is 8.12. The van der Waals surface area contributed by atoms with Crippen LogP contribution in [0.3, 0.4) is 0 Å². The van der Waals surface area contributed by atoms with E-state index in [0.717, 1.165) is 4.90 Å². The van der Waals surface area contributed by atoms with Gasteiger partial charge in [-0.05, 0) is 29.8 Å². The predicted molar refractivity (Wildman–Crippen MR) is 87.9 cm³/mol. The van der Waals surface area contributed by atoms with Crippen LogP contribution >= 0.6 is 0 Å². The van der Waals surface area contributed by atoms with Gasteiger partial charge in [0, 0.05) is 12.4 Å². The fraction of sp³-hybridized carbons (Fsp3) is 0.333. The van der Waals surface area contributed by atoms with E-state index in [-0.39, 0.29) is 5.76 Å². The smallest absolute Gasteiger partial charge is 0.291 e. The van der Waals surface area contributed by atoms with Gasteiger partial charge in [-0.1, -0.05) is 0 Å². The van der Waals surface area contributed by atoms with Crippen LogP contribution in [0.5, 0.6) is 0 Å². The molecular weight excluding hydrogens is 322 g/mol. The van der Waals surface area contributed by atoms with Crippen LogP contribution in [0.2, 0.25) is 0 Å². The Kier molecular flexibility index (Phi) is 4.76. The number of carbonyl (C=O) groups is 3. The average Bonchev–Trinajstić information content (AvgIpc) is 3.22. The average molecular weight is 342 g/mol. The highest BCUT2D eigenvalue weighted by Crippen LogP contribution is 2.37. The molecule has 25 heavy (non-hydrogen) atoms. The number of aromatic nitrogens is 1. The van der Waals surface area contributed by atoms with Gasteiger partial charge in [-0.3, -0.25) is 19.4 Å². The Morgan fingerprint density at radius 1 is 1.24 bits per heavy atom. The number of pyridine rings is 1. The number of nitrogens with zero attached hydrogens (tertiary/aromatic N) is 2. The summed E-state index contributed by atoms with van der Waals surface area (Å²) in [5.74, 6) is -2.78. The summed E-state index contributed by atoms with van der Waals surface area (Å²) in [4.78, 5) is 44.6. The molecule has 0 saturated carbocycles. The van der Waals surface area contributed by atoms with Crippen LogP contribution in [0.4, 0.5) is 0 Å². The molecule has 2 aromatic heterocycles. The minimum absolute atomic E-state index is 0.0882. The highest BCUT2D eigenvalue weighted by Gasteiger charge is 2.52. The zero-order valence-corrected chi connectivity index (χ0v) is 14.1. The van der Waals surface area contributed by atoms with E-state index >= 15 is 0 Å². The van der Waals surface area contributed by atoms with Gasteiger partial charge in [0.25, 0.3) is 5.91 Å². The molecule has 0 aromatic carbocycles. The third-order valence-electron chi connectivity index (χ3n) is 4.35. The first-order valence-corrected chi connectivity index (χ1v) is 8.12. The van der Waals surface area contributed by atoms with Gasteiger partial charge in [-0.25, -0.2) is 0 Å². The van der Waals surface area contributed by atoms with Crippen molar-refractivity contribution in [2.45, 2.75) is 6.04 Å². The third-order valence-corrected chi connectivity index (χ3v) is 4.35. The van der Waals surface area contributed by atoms with E-state index in [1.807, 2.05) is 14.1 Å². The minimum Gasteiger partial charge on any atom is -0.461 e. The van der Waals surface area contributed by atoms with Crippen LogP contribution in [-0.4, -0.2) is 54.5 Å². The summed E-state index contributed by atoms with van der Waals surface area (Å²) in [6.45, 7) is 1.06. The first-order chi connectivity index (χ1) is 12.0. The summed E-state index contributed by atoms with van der Waals surface area (Å²) in [6.07, 6.45) is 4.56. The van der Waals surface area contributed by atoms with E-state index in [2.05, 4.69) is 4.98 Å². The second kappa shape index (κ2) is 6.98. The van der Waals surface area contributed by atoms with E-state index in [9.17, 15) is 14.4 Å². The van der Waals surface area contributed by atoms with E-state index in [4.69, 9.17) is 4.42 Å². The van der Waals surface area contributed by atoms with E-state index in [0.29, 0.717) is 18.7 Å². The van der Waals surface area contributed by atoms with Crippen molar-refractivity contribution < 1.29 is 23.7 Å². The van der Waals surface area contributed by atoms with Crippen LogP contribution in [0.1, 0.15) is 22.2 Å². The summed E-state index contributed by atoms with van der Waals surface area (Å²) >= 11 is 0. The maximum absolute atomic E-state index is 12.8. The largest absolute Gasteiger partial charge is 0.461 e. The molecule has 1 aliphatic heterocycles. The van der Waals surface area contributed by atoms with Crippen LogP contribution in [-0.2, 0) is 9.59 Å². The molecule has 7 heteroatoms. The molecule has 1 aliphatic rings. The lowest BCUT2D eigenvalue weighted by molar-refractivity contribution is -0.857. The molecule has 130 valence electrons. The third kappa shape index (κ3) is 3.23. The zero-order valence-electron chi connectivity index (χ0n) is 14.1. The molecular formula is C18H20N3O4+. The number of ketones is 2. The van der Waals surface area contributed by atoms with Crippen molar-refractivity contribution in [1.29, 1.82) is 0 Å². The summed E-state index contributed by atoms with van der Waals surface area (Å²) in [5.41, 5.74) is 0.716. The van der Waals surface area contributed by atoms with Gasteiger partial charge in [0.15, 0.2) is 5.76 Å². The summed E-state index contributed by atoms with van der Waals surface area (Å²) in [5, 5.41) is 0. The van der Waals surface area contributed by atoms with Gasteiger partial charge in [0.1, 0.15) is 5.92 Å². The topological polar surface area (TPSA) is 84.9 Å². The monoisotopic (exact) mass is 342 g/mol. The van der Waals surface area contributed by atoms with Crippen LogP contribution < -0.4 is 4.90 Å². The zero-order chi connectivity index (χ0) is 18.0. The molecule has 2 unspecified atom stereocenters. The van der Waals surface area contributed by atoms with Crippen LogP contribution in [0.15, 0.2) is 47.3 Å². The van der Waals surface area contributed by atoms with E-state index < -0.39 is 29.4 Å². The number of rotatable bonds is 6. The molecule has 0 spiro atoms. The Morgan fingerprint density at radius 2 is 1.96 bits per heavy atom. The van der Waals surface area contributed by atoms with Gasteiger partial charge >= 0.3 is 0 Å². The maximum Gasteiger partial charge on any atom is 0.291 e. The lowest BCUT2D eigenvalue weighted by Crippen LogP contribution is -3.06. The number of Topliss-reactive ketones (excluding diaryl/α,β-unsaturated/α-hetero) is 2. The number of furan rings is 1. The molecule has 1 N–H and O–H groups in total. The second-order valence-corrected chi connectivity index (χ2v) is 6.36. The predicted octanol–water partition coefficient (Wildman–Crippen LogP) is -0.229. The van der Waals surface area contributed by atoms with Gasteiger partial charge in [-0.15, -0.1) is 0 Å². The van der Waals surface area contributed by atoms with Crippen molar-refractivity contribution in [2.24, 2.45) is 5.92 Å². The highest BCUT2D eigenvalue weighted by atomic mass is 16.3. The van der Waals surface area contributed by atoms with E-state index in [1.54, 1.807) is 30.6 Å². The SMILES string of the molecule is C[NH+](C)CCN1C(=O)C(=O)C(C(=O)c2ccco2)C1c1ccncc1. The molecule has 0 aliphatic carbocycles. The highest BCUT2D eigenvalue weighted by molar-refractivity contribution is 6.43. The van der Waals surface area contributed by atoms with Crippen molar-refractivity contribution in [2.75, 3.05) is 27.2 Å². The van der Waals surface area contributed by atoms with Gasteiger partial charge < -0.3 is 14.2 Å². The van der Waals surface area contributed by atoms with Gasteiger partial charge in [0.2, 0.25) is 11.6 Å². The maximum atomic E-state index is 12.8. The van der Waals surface area contributed by atoms with Crippen molar-refractivity contribution in [3.8, 4) is 0 Å². The van der Waals surface area contributed by atoms with Gasteiger partial charge in [-0.2, -0.15) is 0 Å². The molecule has 1 saturated heterocycles. The fourth-order valence-corrected chi connectivity index (χ4v) is 3.08. The second-order valence-electron chi connectivity index (χ2n) is 6.36.